The van der Waals surface area contributed by atoms with Crippen molar-refractivity contribution in [2.45, 2.75) is 6.92 Å². The quantitative estimate of drug-likeness (QED) is 0.793. The van der Waals surface area contributed by atoms with Gasteiger partial charge < -0.3 is 10.5 Å². The van der Waals surface area contributed by atoms with E-state index in [9.17, 15) is 4.39 Å². The number of hydrogen-bond acceptors (Lipinski definition) is 2. The minimum atomic E-state index is -0.475. The molecule has 5 heteroatoms. The fourth-order valence-corrected chi connectivity index (χ4v) is 2.03. The predicted octanol–water partition coefficient (Wildman–Crippen LogP) is 4.92. The third-order valence-electron chi connectivity index (χ3n) is 2.44. The van der Waals surface area contributed by atoms with E-state index in [0.29, 0.717) is 17.2 Å². The van der Waals surface area contributed by atoms with E-state index in [-0.39, 0.29) is 5.02 Å². The second kappa shape index (κ2) is 5.16. The molecule has 2 rings (SSSR count). The Morgan fingerprint density at radius 1 is 1.28 bits per heavy atom. The van der Waals surface area contributed by atoms with Crippen molar-refractivity contribution in [3.63, 3.8) is 0 Å². The summed E-state index contributed by atoms with van der Waals surface area (Å²) in [5, 5.41) is 0.0239. The Bertz CT molecular complexity index is 604. The van der Waals surface area contributed by atoms with Gasteiger partial charge >= 0.3 is 0 Å². The molecule has 0 atom stereocenters. The Morgan fingerprint density at radius 3 is 2.67 bits per heavy atom. The molecule has 0 amide bonds. The fraction of sp³-hybridized carbons (Fsp3) is 0.0769. The molecule has 2 aromatic rings. The van der Waals surface area contributed by atoms with Crippen molar-refractivity contribution >= 4 is 33.2 Å². The lowest BCUT2D eigenvalue weighted by Crippen LogP contribution is -1.92. The highest BCUT2D eigenvalue weighted by Crippen LogP contribution is 2.34. The van der Waals surface area contributed by atoms with E-state index in [1.54, 1.807) is 12.1 Å². The van der Waals surface area contributed by atoms with Crippen LogP contribution in [-0.2, 0) is 0 Å². The molecule has 0 aromatic heterocycles. The summed E-state index contributed by atoms with van der Waals surface area (Å²) in [4.78, 5) is 0. The zero-order valence-corrected chi connectivity index (χ0v) is 11.8. The summed E-state index contributed by atoms with van der Waals surface area (Å²) in [5.41, 5.74) is 7.35. The van der Waals surface area contributed by atoms with Crippen molar-refractivity contribution in [3.8, 4) is 11.5 Å². The topological polar surface area (TPSA) is 35.2 Å². The van der Waals surface area contributed by atoms with Crippen molar-refractivity contribution in [2.75, 3.05) is 5.73 Å². The monoisotopic (exact) mass is 329 g/mol. The molecule has 0 bridgehead atoms. The number of nitrogen functional groups attached to an aromatic ring is 1. The average molecular weight is 331 g/mol. The van der Waals surface area contributed by atoms with E-state index in [1.165, 1.54) is 18.2 Å². The van der Waals surface area contributed by atoms with Crippen molar-refractivity contribution < 1.29 is 9.13 Å². The number of ether oxygens (including phenoxy) is 1. The molecule has 0 fully saturated rings. The van der Waals surface area contributed by atoms with Gasteiger partial charge in [-0.15, -0.1) is 0 Å². The minimum absolute atomic E-state index is 0.0239. The van der Waals surface area contributed by atoms with Gasteiger partial charge in [-0.1, -0.05) is 11.6 Å². The summed E-state index contributed by atoms with van der Waals surface area (Å²) in [5.74, 6) is 0.590. The third kappa shape index (κ3) is 2.76. The summed E-state index contributed by atoms with van der Waals surface area (Å²) < 4.78 is 19.4. The SMILES string of the molecule is Cc1cc(Oc2ccc(F)c(Cl)c2)c(Br)cc1N. The van der Waals surface area contributed by atoms with Crippen molar-refractivity contribution in [3.05, 3.63) is 51.2 Å². The second-order valence-electron chi connectivity index (χ2n) is 3.82. The molecule has 0 radical (unpaired) electrons. The molecular formula is C13H10BrClFNO. The summed E-state index contributed by atoms with van der Waals surface area (Å²) in [6.45, 7) is 1.88. The van der Waals surface area contributed by atoms with Crippen LogP contribution >= 0.6 is 27.5 Å². The Kier molecular flexibility index (Phi) is 3.78. The van der Waals surface area contributed by atoms with Gasteiger partial charge in [0, 0.05) is 11.8 Å². The average Bonchev–Trinajstić information content (AvgIpc) is 2.31. The molecule has 94 valence electrons. The number of rotatable bonds is 2. The highest BCUT2D eigenvalue weighted by molar-refractivity contribution is 9.10. The maximum absolute atomic E-state index is 13.0. The Morgan fingerprint density at radius 2 is 2.00 bits per heavy atom. The summed E-state index contributed by atoms with van der Waals surface area (Å²) >= 11 is 9.05. The Balaban J connectivity index is 2.34. The highest BCUT2D eigenvalue weighted by atomic mass is 79.9. The number of hydrogen-bond donors (Lipinski definition) is 1. The largest absolute Gasteiger partial charge is 0.456 e. The maximum atomic E-state index is 13.0. The van der Waals surface area contributed by atoms with Crippen LogP contribution in [0.15, 0.2) is 34.8 Å². The third-order valence-corrected chi connectivity index (χ3v) is 3.35. The van der Waals surface area contributed by atoms with Gasteiger partial charge in [0.25, 0.3) is 0 Å². The van der Waals surface area contributed by atoms with Gasteiger partial charge in [0.05, 0.1) is 9.50 Å². The highest BCUT2D eigenvalue weighted by Gasteiger charge is 2.08. The molecule has 0 saturated heterocycles. The van der Waals surface area contributed by atoms with Gasteiger partial charge in [-0.25, -0.2) is 4.39 Å². The van der Waals surface area contributed by atoms with Gasteiger partial charge in [0.15, 0.2) is 0 Å². The number of aryl methyl sites for hydroxylation is 1. The molecule has 2 N–H and O–H groups in total. The van der Waals surface area contributed by atoms with Crippen molar-refractivity contribution in [1.29, 1.82) is 0 Å². The van der Waals surface area contributed by atoms with Crippen LogP contribution in [0.4, 0.5) is 10.1 Å². The lowest BCUT2D eigenvalue weighted by molar-refractivity contribution is 0.477. The van der Waals surface area contributed by atoms with Crippen LogP contribution < -0.4 is 10.5 Å². The molecule has 0 unspecified atom stereocenters. The van der Waals surface area contributed by atoms with E-state index in [0.717, 1.165) is 10.0 Å². The first-order valence-corrected chi connectivity index (χ1v) is 6.33. The fourth-order valence-electron chi connectivity index (χ4n) is 1.42. The molecule has 0 aliphatic heterocycles. The van der Waals surface area contributed by atoms with E-state index in [4.69, 9.17) is 22.1 Å². The van der Waals surface area contributed by atoms with Crippen LogP contribution in [-0.4, -0.2) is 0 Å². The van der Waals surface area contributed by atoms with Crippen LogP contribution in [0, 0.1) is 12.7 Å². The molecule has 0 spiro atoms. The number of anilines is 1. The molecule has 18 heavy (non-hydrogen) atoms. The van der Waals surface area contributed by atoms with E-state index in [2.05, 4.69) is 15.9 Å². The smallest absolute Gasteiger partial charge is 0.142 e. The lowest BCUT2D eigenvalue weighted by atomic mass is 10.2. The van der Waals surface area contributed by atoms with Gasteiger partial charge in [-0.2, -0.15) is 0 Å². The second-order valence-corrected chi connectivity index (χ2v) is 5.08. The van der Waals surface area contributed by atoms with E-state index < -0.39 is 5.82 Å². The first-order chi connectivity index (χ1) is 8.47. The number of benzene rings is 2. The zero-order valence-electron chi connectivity index (χ0n) is 9.51. The maximum Gasteiger partial charge on any atom is 0.142 e. The zero-order chi connectivity index (χ0) is 13.3. The van der Waals surface area contributed by atoms with Crippen molar-refractivity contribution in [1.82, 2.24) is 0 Å². The predicted molar refractivity (Wildman–Crippen MR) is 74.8 cm³/mol. The van der Waals surface area contributed by atoms with Gasteiger partial charge in [-0.05, 0) is 52.7 Å². The van der Waals surface area contributed by atoms with Crippen molar-refractivity contribution in [2.24, 2.45) is 0 Å². The normalized spacial score (nSPS) is 10.4. The summed E-state index contributed by atoms with van der Waals surface area (Å²) in [6.07, 6.45) is 0. The summed E-state index contributed by atoms with van der Waals surface area (Å²) in [7, 11) is 0. The molecule has 2 nitrogen and oxygen atoms in total. The molecule has 0 aliphatic rings. The minimum Gasteiger partial charge on any atom is -0.456 e. The van der Waals surface area contributed by atoms with Gasteiger partial charge in [0.2, 0.25) is 0 Å². The van der Waals surface area contributed by atoms with Crippen LogP contribution in [0.25, 0.3) is 0 Å². The molecule has 0 aliphatic carbocycles. The van der Waals surface area contributed by atoms with Gasteiger partial charge in [0.1, 0.15) is 17.3 Å². The van der Waals surface area contributed by atoms with Crippen LogP contribution in [0.2, 0.25) is 5.02 Å². The molecule has 0 saturated carbocycles. The number of halogens is 3. The summed E-state index contributed by atoms with van der Waals surface area (Å²) in [6, 6.07) is 7.76. The van der Waals surface area contributed by atoms with Gasteiger partial charge in [-0.3, -0.25) is 0 Å². The molecule has 0 heterocycles. The van der Waals surface area contributed by atoms with Crippen LogP contribution in [0.3, 0.4) is 0 Å². The lowest BCUT2D eigenvalue weighted by Gasteiger charge is -2.10. The first kappa shape index (κ1) is 13.2. The standard InChI is InChI=1S/C13H10BrClFNO/c1-7-4-13(9(14)6-12(7)17)18-8-2-3-11(16)10(15)5-8/h2-6H,17H2,1H3. The van der Waals surface area contributed by atoms with Crippen LogP contribution in [0.5, 0.6) is 11.5 Å². The first-order valence-electron chi connectivity index (χ1n) is 5.16. The molecule has 2 aromatic carbocycles. The van der Waals surface area contributed by atoms with E-state index in [1.807, 2.05) is 6.92 Å². The molecular weight excluding hydrogens is 321 g/mol. The van der Waals surface area contributed by atoms with E-state index >= 15 is 0 Å². The van der Waals surface area contributed by atoms with Crippen LogP contribution in [0.1, 0.15) is 5.56 Å². The Hall–Kier alpha value is -1.26. The number of nitrogens with two attached hydrogens (primary N) is 1. The Labute approximate surface area is 118 Å².